The summed E-state index contributed by atoms with van der Waals surface area (Å²) in [5, 5.41) is 2.67. The van der Waals surface area contributed by atoms with Gasteiger partial charge < -0.3 is 16.0 Å². The third kappa shape index (κ3) is 3.12. The zero-order valence-corrected chi connectivity index (χ0v) is 11.1. The Morgan fingerprint density at radius 1 is 1.42 bits per heavy atom. The molecule has 1 aromatic rings. The zero-order valence-electron chi connectivity index (χ0n) is 11.1. The van der Waals surface area contributed by atoms with E-state index in [1.165, 1.54) is 0 Å². The van der Waals surface area contributed by atoms with Gasteiger partial charge in [-0.2, -0.15) is 0 Å². The normalized spacial score (nSPS) is 19.4. The monoisotopic (exact) mass is 261 g/mol. The molecule has 0 saturated carbocycles. The molecular formula is C14H19N3O2. The molecule has 1 saturated heterocycles. The van der Waals surface area contributed by atoms with Crippen molar-refractivity contribution in [3.8, 4) is 0 Å². The van der Waals surface area contributed by atoms with E-state index in [0.717, 1.165) is 17.7 Å². The molecule has 1 heterocycles. The SMILES string of the molecule is Cc1ccc(N2CCCC(NC(=O)CN)C2=O)cc1. The number of amides is 2. The number of carbonyl (C=O) groups excluding carboxylic acids is 2. The lowest BCUT2D eigenvalue weighted by molar-refractivity contribution is -0.127. The summed E-state index contributed by atoms with van der Waals surface area (Å²) in [6.07, 6.45) is 1.54. The molecule has 5 heteroatoms. The van der Waals surface area contributed by atoms with Crippen LogP contribution in [-0.4, -0.2) is 30.9 Å². The van der Waals surface area contributed by atoms with Gasteiger partial charge in [0, 0.05) is 12.2 Å². The predicted octanol–water partition coefficient (Wildman–Crippen LogP) is 0.565. The molecule has 1 aliphatic rings. The molecule has 19 heavy (non-hydrogen) atoms. The molecule has 0 aliphatic carbocycles. The molecular weight excluding hydrogens is 242 g/mol. The first kappa shape index (κ1) is 13.5. The van der Waals surface area contributed by atoms with Crippen LogP contribution in [0, 0.1) is 6.92 Å². The van der Waals surface area contributed by atoms with Crippen LogP contribution in [0.1, 0.15) is 18.4 Å². The first-order valence-electron chi connectivity index (χ1n) is 6.49. The molecule has 1 aromatic carbocycles. The highest BCUT2D eigenvalue weighted by Gasteiger charge is 2.30. The summed E-state index contributed by atoms with van der Waals surface area (Å²) < 4.78 is 0. The Labute approximate surface area is 112 Å². The van der Waals surface area contributed by atoms with Gasteiger partial charge in [0.2, 0.25) is 11.8 Å². The fourth-order valence-corrected chi connectivity index (χ4v) is 2.24. The van der Waals surface area contributed by atoms with Crippen LogP contribution in [0.2, 0.25) is 0 Å². The maximum Gasteiger partial charge on any atom is 0.249 e. The number of aryl methyl sites for hydroxylation is 1. The van der Waals surface area contributed by atoms with E-state index in [9.17, 15) is 9.59 Å². The standard InChI is InChI=1S/C14H19N3O2/c1-10-4-6-11(7-5-10)17-8-2-3-12(14(17)19)16-13(18)9-15/h4-7,12H,2-3,8-9,15H2,1H3,(H,16,18). The quantitative estimate of drug-likeness (QED) is 0.835. The largest absolute Gasteiger partial charge is 0.343 e. The average Bonchev–Trinajstić information content (AvgIpc) is 2.42. The Kier molecular flexibility index (Phi) is 4.16. The molecule has 3 N–H and O–H groups in total. The number of anilines is 1. The Balaban J connectivity index is 2.11. The first-order valence-corrected chi connectivity index (χ1v) is 6.49. The van der Waals surface area contributed by atoms with E-state index >= 15 is 0 Å². The average molecular weight is 261 g/mol. The number of piperidine rings is 1. The highest BCUT2D eigenvalue weighted by atomic mass is 16.2. The summed E-state index contributed by atoms with van der Waals surface area (Å²) in [5.74, 6) is -0.346. The molecule has 1 aliphatic heterocycles. The Morgan fingerprint density at radius 3 is 2.74 bits per heavy atom. The van der Waals surface area contributed by atoms with Crippen molar-refractivity contribution in [2.45, 2.75) is 25.8 Å². The number of hydrogen-bond acceptors (Lipinski definition) is 3. The Hall–Kier alpha value is -1.88. The van der Waals surface area contributed by atoms with Gasteiger partial charge in [-0.25, -0.2) is 0 Å². The molecule has 1 fully saturated rings. The van der Waals surface area contributed by atoms with Crippen molar-refractivity contribution < 1.29 is 9.59 Å². The van der Waals surface area contributed by atoms with Gasteiger partial charge in [0.1, 0.15) is 6.04 Å². The van der Waals surface area contributed by atoms with Crippen LogP contribution in [0.5, 0.6) is 0 Å². The number of nitrogens with two attached hydrogens (primary N) is 1. The van der Waals surface area contributed by atoms with Crippen LogP contribution in [-0.2, 0) is 9.59 Å². The summed E-state index contributed by atoms with van der Waals surface area (Å²) in [7, 11) is 0. The predicted molar refractivity (Wildman–Crippen MR) is 73.8 cm³/mol. The minimum atomic E-state index is -0.453. The van der Waals surface area contributed by atoms with E-state index in [4.69, 9.17) is 5.73 Å². The van der Waals surface area contributed by atoms with Crippen molar-refractivity contribution in [1.29, 1.82) is 0 Å². The van der Waals surface area contributed by atoms with Crippen molar-refractivity contribution in [2.24, 2.45) is 5.73 Å². The van der Waals surface area contributed by atoms with E-state index in [1.54, 1.807) is 4.90 Å². The lowest BCUT2D eigenvalue weighted by Crippen LogP contribution is -2.53. The minimum absolute atomic E-state index is 0.0584. The molecule has 102 valence electrons. The highest BCUT2D eigenvalue weighted by molar-refractivity contribution is 6.00. The van der Waals surface area contributed by atoms with Crippen molar-refractivity contribution in [1.82, 2.24) is 5.32 Å². The van der Waals surface area contributed by atoms with Gasteiger partial charge in [-0.1, -0.05) is 17.7 Å². The third-order valence-corrected chi connectivity index (χ3v) is 3.30. The lowest BCUT2D eigenvalue weighted by Gasteiger charge is -2.32. The van der Waals surface area contributed by atoms with Crippen LogP contribution in [0.4, 0.5) is 5.69 Å². The fourth-order valence-electron chi connectivity index (χ4n) is 2.24. The maximum atomic E-state index is 12.3. The van der Waals surface area contributed by atoms with E-state index in [0.29, 0.717) is 13.0 Å². The lowest BCUT2D eigenvalue weighted by atomic mass is 10.0. The van der Waals surface area contributed by atoms with E-state index < -0.39 is 6.04 Å². The second-order valence-electron chi connectivity index (χ2n) is 4.79. The van der Waals surface area contributed by atoms with Gasteiger partial charge in [0.15, 0.2) is 0 Å². The van der Waals surface area contributed by atoms with Crippen LogP contribution < -0.4 is 16.0 Å². The number of nitrogens with zero attached hydrogens (tertiary/aromatic N) is 1. The Morgan fingerprint density at radius 2 is 2.11 bits per heavy atom. The number of hydrogen-bond donors (Lipinski definition) is 2. The van der Waals surface area contributed by atoms with Gasteiger partial charge in [-0.05, 0) is 31.9 Å². The number of carbonyl (C=O) groups is 2. The van der Waals surface area contributed by atoms with Crippen LogP contribution >= 0.6 is 0 Å². The van der Waals surface area contributed by atoms with E-state index in [-0.39, 0.29) is 18.4 Å². The van der Waals surface area contributed by atoms with E-state index in [2.05, 4.69) is 5.32 Å². The molecule has 0 radical (unpaired) electrons. The number of nitrogens with one attached hydrogen (secondary N) is 1. The molecule has 1 unspecified atom stereocenters. The van der Waals surface area contributed by atoms with Gasteiger partial charge in [0.25, 0.3) is 0 Å². The van der Waals surface area contributed by atoms with Crippen molar-refractivity contribution in [2.75, 3.05) is 18.0 Å². The van der Waals surface area contributed by atoms with Crippen molar-refractivity contribution in [3.05, 3.63) is 29.8 Å². The Bertz CT molecular complexity index is 470. The molecule has 2 rings (SSSR count). The third-order valence-electron chi connectivity index (χ3n) is 3.30. The zero-order chi connectivity index (χ0) is 13.8. The van der Waals surface area contributed by atoms with Crippen LogP contribution in [0.15, 0.2) is 24.3 Å². The summed E-state index contributed by atoms with van der Waals surface area (Å²) >= 11 is 0. The summed E-state index contributed by atoms with van der Waals surface area (Å²) in [6.45, 7) is 2.61. The van der Waals surface area contributed by atoms with Crippen LogP contribution in [0.25, 0.3) is 0 Å². The van der Waals surface area contributed by atoms with Gasteiger partial charge in [-0.3, -0.25) is 9.59 Å². The van der Waals surface area contributed by atoms with Crippen LogP contribution in [0.3, 0.4) is 0 Å². The number of benzene rings is 1. The molecule has 5 nitrogen and oxygen atoms in total. The second kappa shape index (κ2) is 5.84. The van der Waals surface area contributed by atoms with Crippen molar-refractivity contribution in [3.63, 3.8) is 0 Å². The molecule has 0 spiro atoms. The smallest absolute Gasteiger partial charge is 0.249 e. The highest BCUT2D eigenvalue weighted by Crippen LogP contribution is 2.21. The summed E-state index contributed by atoms with van der Waals surface area (Å²) in [4.78, 5) is 25.4. The minimum Gasteiger partial charge on any atom is -0.343 e. The van der Waals surface area contributed by atoms with Gasteiger partial charge >= 0.3 is 0 Å². The molecule has 1 atom stereocenters. The molecule has 2 amide bonds. The van der Waals surface area contributed by atoms with Gasteiger partial charge in [-0.15, -0.1) is 0 Å². The van der Waals surface area contributed by atoms with Gasteiger partial charge in [0.05, 0.1) is 6.54 Å². The second-order valence-corrected chi connectivity index (χ2v) is 4.79. The fraction of sp³-hybridized carbons (Fsp3) is 0.429. The topological polar surface area (TPSA) is 75.4 Å². The first-order chi connectivity index (χ1) is 9.11. The summed E-state index contributed by atoms with van der Waals surface area (Å²) in [6, 6.07) is 7.36. The molecule has 0 aromatic heterocycles. The molecule has 0 bridgehead atoms. The van der Waals surface area contributed by atoms with Crippen molar-refractivity contribution >= 4 is 17.5 Å². The maximum absolute atomic E-state index is 12.3. The van der Waals surface area contributed by atoms with E-state index in [1.807, 2.05) is 31.2 Å². The summed E-state index contributed by atoms with van der Waals surface area (Å²) in [5.41, 5.74) is 7.29. The number of rotatable bonds is 3.